The number of nitrogens with one attached hydrogen (secondary N) is 4. The molecule has 4 aromatic heterocycles. The fourth-order valence-corrected chi connectivity index (χ4v) is 8.67. The third-order valence-electron chi connectivity index (χ3n) is 13.2. The van der Waals surface area contributed by atoms with E-state index in [0.29, 0.717) is 53.8 Å². The number of halogens is 6. The summed E-state index contributed by atoms with van der Waals surface area (Å²) in [5.41, 5.74) is 11.8. The highest BCUT2D eigenvalue weighted by Gasteiger charge is 2.20. The minimum Gasteiger partial charge on any atom is -0.497 e. The molecule has 25 heteroatoms. The van der Waals surface area contributed by atoms with E-state index >= 15 is 0 Å². The molecule has 0 unspecified atom stereocenters. The Morgan fingerprint density at radius 2 is 0.800 bits per heavy atom. The lowest BCUT2D eigenvalue weighted by Crippen LogP contribution is -2.08. The molecule has 0 radical (unpaired) electrons. The Hall–Kier alpha value is -7.31. The van der Waals surface area contributed by atoms with Gasteiger partial charge in [0.25, 0.3) is 0 Å². The maximum Gasteiger partial charge on any atom is 0.643 e. The number of aromatic nitrogens is 4. The second-order valence-corrected chi connectivity index (χ2v) is 26.9. The van der Waals surface area contributed by atoms with Crippen molar-refractivity contribution >= 4 is 111 Å². The van der Waals surface area contributed by atoms with Gasteiger partial charge in [-0.05, 0) is 196 Å². The largest absolute Gasteiger partial charge is 0.643 e. The standard InChI is InChI=1S/C17H19NO4.C17H21NO3.C15H17NO3.C9H9ClO2.C8H11NO2.CH2Cl2.3CH4.Al.3ClH/c1-4-22-17(20)16-11(2)14(10-18-16)15(19)9-12-6-5-7-13(8-12)21-3;1-4-21-17(19)16-12(2)14(11-18-16)9-8-13-6-5-7-15(10-13)20-3;1-10-12(9-16-14(10)15(17)18)7-6-11-4-3-5-13(8-11)19-2;1-12-8-4-2-3-7(5-8)6-9(10)11;1-3-11-8(10)7-6(2)4-5-9-7;2-1-3;;;;;;;/h5-8,10,18H,4,9H2,1-3H3;5-7,10-11,18H,4,8-9H2,1-3H3;3-5,8-9,16H,6-7H2,1-2H3,(H,17,18);2-5H,6H2,1H3;4-5,9H,3H2,1-2H3;1H2;3*1H4;;3*1H/q;;;;;;;;;+3;;;/p-3. The van der Waals surface area contributed by atoms with Gasteiger partial charge in [0, 0.05) is 43.2 Å². The number of aromatic carboxylic acids is 1. The molecular weight excluding hydrogens is 1360 g/mol. The SMILES string of the molecule is C.C.C.CCOC(=O)c1[nH]cc(C(=O)Cc2cccc(OC)c2)c1C.CCOC(=O)c1[nH]cc(CCc2cccc(OC)c2)c1C.CCOC(=O)c1[nH]ccc1C.COc1cccc(CC(=O)Cl)c1.COc1cccc(CCc2c[nH]c(C(=O)O)c2C)c1.ClCCl.[Cl][Al]([Cl])[Cl]. The van der Waals surface area contributed by atoms with E-state index in [1.165, 1.54) is 11.1 Å². The number of carbonyl (C=O) groups excluding carboxylic acids is 5. The molecule has 0 aliphatic carbocycles. The molecule has 0 aliphatic heterocycles. The van der Waals surface area contributed by atoms with Crippen LogP contribution in [-0.2, 0) is 57.5 Å². The molecule has 18 nitrogen and oxygen atoms in total. The molecule has 8 aromatic rings. The summed E-state index contributed by atoms with van der Waals surface area (Å²) in [4.78, 5) is 80.0. The summed E-state index contributed by atoms with van der Waals surface area (Å²) in [5.74, 6) is 1.18. The minimum atomic E-state index is -1.72. The molecule has 0 atom stereocenters. The van der Waals surface area contributed by atoms with Gasteiger partial charge in [0.2, 0.25) is 5.24 Å². The first-order valence-electron chi connectivity index (χ1n) is 28.6. The number of rotatable bonds is 22. The molecule has 0 spiro atoms. The van der Waals surface area contributed by atoms with E-state index in [2.05, 4.69) is 26.0 Å². The quantitative estimate of drug-likeness (QED) is 0.0106. The number of ketones is 1. The molecule has 95 heavy (non-hydrogen) atoms. The number of carboxylic acid groups (broad SMARTS) is 1. The Labute approximate surface area is 591 Å². The number of Topliss-reactive ketones (excluding diaryl/α,β-unsaturated/α-hetero) is 1. The van der Waals surface area contributed by atoms with Crippen molar-refractivity contribution in [3.63, 3.8) is 0 Å². The number of carboxylic acids is 1. The molecule has 5 N–H and O–H groups in total. The van der Waals surface area contributed by atoms with E-state index in [4.69, 9.17) is 103 Å². The summed E-state index contributed by atoms with van der Waals surface area (Å²) in [6, 6.07) is 32.4. The number of methoxy groups -OCH3 is 4. The van der Waals surface area contributed by atoms with E-state index in [-0.39, 0.29) is 69.1 Å². The molecule has 0 aliphatic rings. The van der Waals surface area contributed by atoms with Gasteiger partial charge in [-0.25, -0.2) is 49.3 Å². The van der Waals surface area contributed by atoms with Crippen molar-refractivity contribution in [2.75, 3.05) is 53.6 Å². The third kappa shape index (κ3) is 33.3. The summed E-state index contributed by atoms with van der Waals surface area (Å²) in [6.45, 7) is 13.8. The maximum absolute atomic E-state index is 12.4. The van der Waals surface area contributed by atoms with Gasteiger partial charge in [-0.1, -0.05) is 70.8 Å². The average molecular weight is 1450 g/mol. The van der Waals surface area contributed by atoms with Gasteiger partial charge in [-0.15, -0.1) is 23.2 Å². The van der Waals surface area contributed by atoms with Crippen molar-refractivity contribution in [1.29, 1.82) is 0 Å². The van der Waals surface area contributed by atoms with Crippen LogP contribution in [0, 0.1) is 27.7 Å². The minimum absolute atomic E-state index is 0. The summed E-state index contributed by atoms with van der Waals surface area (Å²) in [5, 5.41) is 8.82. The van der Waals surface area contributed by atoms with Crippen LogP contribution in [0.1, 0.15) is 151 Å². The van der Waals surface area contributed by atoms with Gasteiger partial charge in [0.05, 0.1) is 53.6 Å². The number of carbonyl (C=O) groups is 6. The number of H-pyrrole nitrogens is 4. The number of alkyl halides is 2. The van der Waals surface area contributed by atoms with Crippen molar-refractivity contribution in [3.05, 3.63) is 212 Å². The second-order valence-electron chi connectivity index (χ2n) is 19.2. The molecule has 0 fully saturated rings. The first kappa shape index (κ1) is 89.8. The molecule has 8 rings (SSSR count). The number of aromatic amines is 4. The van der Waals surface area contributed by atoms with Crippen molar-refractivity contribution in [3.8, 4) is 23.0 Å². The van der Waals surface area contributed by atoms with Crippen molar-refractivity contribution < 1.29 is 67.0 Å². The van der Waals surface area contributed by atoms with Crippen LogP contribution < -0.4 is 18.9 Å². The Kier molecular flexibility index (Phi) is 47.4. The van der Waals surface area contributed by atoms with E-state index in [9.17, 15) is 28.8 Å². The van der Waals surface area contributed by atoms with Gasteiger partial charge in [-0.3, -0.25) is 9.59 Å². The highest BCUT2D eigenvalue weighted by Crippen LogP contribution is 2.23. The topological polar surface area (TPSA) is 250 Å². The zero-order chi connectivity index (χ0) is 68.7. The van der Waals surface area contributed by atoms with Gasteiger partial charge in [0.1, 0.15) is 45.8 Å². The summed E-state index contributed by atoms with van der Waals surface area (Å²) >= 11 is 13.0. The first-order valence-corrected chi connectivity index (χ1v) is 35.3. The number of ether oxygens (including phenoxy) is 7. The Bertz CT molecular complexity index is 3540. The van der Waals surface area contributed by atoms with Crippen molar-refractivity contribution in [1.82, 2.24) is 19.9 Å². The van der Waals surface area contributed by atoms with E-state index in [1.54, 1.807) is 80.8 Å². The zero-order valence-corrected chi connectivity index (χ0v) is 59.0. The summed E-state index contributed by atoms with van der Waals surface area (Å²) in [6.07, 6.45) is 10.9. The summed E-state index contributed by atoms with van der Waals surface area (Å²) < 4.78 is 35.3. The van der Waals surface area contributed by atoms with Crippen LogP contribution in [0.5, 0.6) is 23.0 Å². The van der Waals surface area contributed by atoms with Crippen LogP contribution in [0.2, 0.25) is 0 Å². The Balaban J connectivity index is 0. The molecule has 4 aromatic carbocycles. The fraction of sp³-hybridized carbons (Fsp3) is 0.343. The smallest absolute Gasteiger partial charge is 0.497 e. The lowest BCUT2D eigenvalue weighted by atomic mass is 10.0. The van der Waals surface area contributed by atoms with E-state index in [1.807, 2.05) is 118 Å². The monoisotopic (exact) mass is 1450 g/mol. The van der Waals surface area contributed by atoms with Gasteiger partial charge in [0.15, 0.2) is 5.78 Å². The number of aryl methyl sites for hydroxylation is 5. The lowest BCUT2D eigenvalue weighted by Gasteiger charge is -2.05. The number of hydrogen-bond acceptors (Lipinski definition) is 13. The molecule has 0 amide bonds. The molecule has 4 heterocycles. The van der Waals surface area contributed by atoms with Crippen LogP contribution in [0.3, 0.4) is 0 Å². The zero-order valence-electron chi connectivity index (χ0n) is 53.3. The normalized spacial score (nSPS) is 9.57. The van der Waals surface area contributed by atoms with Crippen LogP contribution in [0.4, 0.5) is 0 Å². The highest BCUT2D eigenvalue weighted by atomic mass is 35.8. The average Bonchev–Trinajstić information content (AvgIpc) is 1.74. The van der Waals surface area contributed by atoms with Crippen molar-refractivity contribution in [2.45, 2.75) is 109 Å². The Morgan fingerprint density at radius 3 is 1.15 bits per heavy atom. The van der Waals surface area contributed by atoms with Crippen LogP contribution >= 0.6 is 65.0 Å². The molecule has 520 valence electrons. The maximum atomic E-state index is 12.4. The molecular formula is C70H91AlCl6N4O14. The third-order valence-corrected chi connectivity index (χ3v) is 13.3. The predicted molar refractivity (Wildman–Crippen MR) is 386 cm³/mol. The molecule has 0 saturated heterocycles. The van der Waals surface area contributed by atoms with Gasteiger partial charge >= 0.3 is 35.3 Å². The number of benzene rings is 4. The molecule has 0 bridgehead atoms. The van der Waals surface area contributed by atoms with E-state index < -0.39 is 23.3 Å². The fourth-order valence-electron chi connectivity index (χ4n) is 8.52. The first-order chi connectivity index (χ1) is 43.9. The Morgan fingerprint density at radius 1 is 0.463 bits per heavy atom. The number of esters is 3. The van der Waals surface area contributed by atoms with Gasteiger partial charge in [-0.2, -0.15) is 0 Å². The second kappa shape index (κ2) is 50.1. The van der Waals surface area contributed by atoms with E-state index in [0.717, 1.165) is 81.9 Å². The van der Waals surface area contributed by atoms with Crippen LogP contribution in [0.15, 0.2) is 128 Å². The van der Waals surface area contributed by atoms with Crippen LogP contribution in [-0.4, -0.2) is 125 Å². The highest BCUT2D eigenvalue weighted by molar-refractivity contribution is 7.54. The van der Waals surface area contributed by atoms with Crippen molar-refractivity contribution in [2.24, 2.45) is 0 Å². The number of hydrogen-bond donors (Lipinski definition) is 5. The summed E-state index contributed by atoms with van der Waals surface area (Å²) in [7, 11) is 21.3. The van der Waals surface area contributed by atoms with Crippen LogP contribution in [0.25, 0.3) is 0 Å². The lowest BCUT2D eigenvalue weighted by molar-refractivity contribution is -0.111. The van der Waals surface area contributed by atoms with Gasteiger partial charge < -0.3 is 58.2 Å². The molecule has 0 saturated carbocycles. The predicted octanol–water partition coefficient (Wildman–Crippen LogP) is 17.6.